The zero-order valence-electron chi connectivity index (χ0n) is 17.2. The molecule has 0 saturated carbocycles. The van der Waals surface area contributed by atoms with E-state index in [1.54, 1.807) is 13.8 Å². The highest BCUT2D eigenvalue weighted by Crippen LogP contribution is 2.34. The van der Waals surface area contributed by atoms with E-state index < -0.39 is 57.2 Å². The summed E-state index contributed by atoms with van der Waals surface area (Å²) in [6, 6.07) is 1.37. The first-order chi connectivity index (χ1) is 14.8. The standard InChI is InChI=1S/C20H19ClF5N3O2S/c1-10(2)29(16-6-13(21)14(22)7-15(16)23)19(30)17-8-32(31)9-28(17)18-5-12(20(24,25)26)4-11(3)27-18/h4-7,10,17H,8-9H2,1-3H3/t17-,32?/m0/s1. The van der Waals surface area contributed by atoms with Crippen molar-refractivity contribution in [2.45, 2.75) is 39.0 Å². The fourth-order valence-electron chi connectivity index (χ4n) is 3.46. The summed E-state index contributed by atoms with van der Waals surface area (Å²) in [7, 11) is -1.56. The normalized spacial score (nSPS) is 19.0. The maximum atomic E-state index is 14.5. The van der Waals surface area contributed by atoms with Gasteiger partial charge in [-0.3, -0.25) is 9.00 Å². The topological polar surface area (TPSA) is 53.5 Å². The van der Waals surface area contributed by atoms with Gasteiger partial charge in [-0.1, -0.05) is 11.6 Å². The van der Waals surface area contributed by atoms with Gasteiger partial charge in [-0.2, -0.15) is 13.2 Å². The van der Waals surface area contributed by atoms with Gasteiger partial charge in [0.25, 0.3) is 5.91 Å². The van der Waals surface area contributed by atoms with Gasteiger partial charge in [-0.15, -0.1) is 0 Å². The van der Waals surface area contributed by atoms with Crippen LogP contribution in [-0.2, 0) is 21.8 Å². The van der Waals surface area contributed by atoms with Gasteiger partial charge in [0.05, 0.1) is 27.9 Å². The lowest BCUT2D eigenvalue weighted by molar-refractivity contribution is -0.137. The second-order valence-corrected chi connectivity index (χ2v) is 9.47. The molecule has 2 atom stereocenters. The second-order valence-electron chi connectivity index (χ2n) is 7.59. The van der Waals surface area contributed by atoms with E-state index >= 15 is 0 Å². The minimum absolute atomic E-state index is 0.0655. The van der Waals surface area contributed by atoms with Crippen LogP contribution in [0.15, 0.2) is 24.3 Å². The highest BCUT2D eigenvalue weighted by molar-refractivity contribution is 7.85. The zero-order valence-corrected chi connectivity index (χ0v) is 18.8. The molecule has 1 saturated heterocycles. The fraction of sp³-hybridized carbons (Fsp3) is 0.400. The number of nitrogens with zero attached hydrogens (tertiary/aromatic N) is 3. The molecule has 2 heterocycles. The number of carbonyl (C=O) groups excluding carboxylic acids is 1. The van der Waals surface area contributed by atoms with Crippen molar-refractivity contribution in [3.8, 4) is 0 Å². The number of hydrogen-bond acceptors (Lipinski definition) is 4. The van der Waals surface area contributed by atoms with Crippen LogP contribution < -0.4 is 9.80 Å². The molecule has 1 aliphatic heterocycles. The van der Waals surface area contributed by atoms with E-state index in [2.05, 4.69) is 4.98 Å². The molecular weight excluding hydrogens is 477 g/mol. The molecular formula is C20H19ClF5N3O2S. The van der Waals surface area contributed by atoms with Crippen LogP contribution in [0, 0.1) is 18.6 Å². The minimum Gasteiger partial charge on any atom is -0.332 e. The van der Waals surface area contributed by atoms with Crippen molar-refractivity contribution in [2.75, 3.05) is 21.4 Å². The molecule has 1 aliphatic rings. The Balaban J connectivity index is 2.05. The number of carbonyl (C=O) groups is 1. The minimum atomic E-state index is -4.64. The van der Waals surface area contributed by atoms with E-state index in [1.165, 1.54) is 11.8 Å². The first-order valence-corrected chi connectivity index (χ1v) is 11.3. The second kappa shape index (κ2) is 8.93. The molecule has 5 nitrogen and oxygen atoms in total. The average molecular weight is 496 g/mol. The third kappa shape index (κ3) is 4.88. The smallest absolute Gasteiger partial charge is 0.332 e. The molecule has 12 heteroatoms. The van der Waals surface area contributed by atoms with Crippen molar-refractivity contribution in [3.05, 3.63) is 52.2 Å². The van der Waals surface area contributed by atoms with Gasteiger partial charge in [-0.25, -0.2) is 13.8 Å². The molecule has 32 heavy (non-hydrogen) atoms. The van der Waals surface area contributed by atoms with Gasteiger partial charge in [0.15, 0.2) is 0 Å². The predicted molar refractivity (Wildman–Crippen MR) is 112 cm³/mol. The van der Waals surface area contributed by atoms with Crippen LogP contribution in [0.5, 0.6) is 0 Å². The third-order valence-electron chi connectivity index (χ3n) is 4.85. The monoisotopic (exact) mass is 495 g/mol. The third-order valence-corrected chi connectivity index (χ3v) is 6.40. The Kier molecular flexibility index (Phi) is 6.80. The number of halogens is 6. The van der Waals surface area contributed by atoms with Crippen molar-refractivity contribution in [2.24, 2.45) is 0 Å². The van der Waals surface area contributed by atoms with Crippen molar-refractivity contribution < 1.29 is 31.0 Å². The molecule has 1 fully saturated rings. The Morgan fingerprint density at radius 3 is 2.47 bits per heavy atom. The molecule has 174 valence electrons. The van der Waals surface area contributed by atoms with Crippen molar-refractivity contribution in [3.63, 3.8) is 0 Å². The molecule has 0 aliphatic carbocycles. The molecule has 0 N–H and O–H groups in total. The highest BCUT2D eigenvalue weighted by Gasteiger charge is 2.41. The largest absolute Gasteiger partial charge is 0.416 e. The summed E-state index contributed by atoms with van der Waals surface area (Å²) in [5, 5.41) is -0.401. The van der Waals surface area contributed by atoms with Gasteiger partial charge < -0.3 is 9.80 Å². The quantitative estimate of drug-likeness (QED) is 0.457. The van der Waals surface area contributed by atoms with Crippen molar-refractivity contribution in [1.82, 2.24) is 4.98 Å². The van der Waals surface area contributed by atoms with E-state index in [0.717, 1.165) is 23.1 Å². The van der Waals surface area contributed by atoms with Gasteiger partial charge in [0.1, 0.15) is 23.5 Å². The van der Waals surface area contributed by atoms with E-state index in [0.29, 0.717) is 6.07 Å². The number of hydrogen-bond donors (Lipinski definition) is 0. The molecule has 2 aromatic rings. The lowest BCUT2D eigenvalue weighted by Crippen LogP contribution is -2.50. The fourth-order valence-corrected chi connectivity index (χ4v) is 5.03. The lowest BCUT2D eigenvalue weighted by atomic mass is 10.1. The van der Waals surface area contributed by atoms with Gasteiger partial charge in [0.2, 0.25) is 0 Å². The number of pyridine rings is 1. The Labute approximate surface area is 188 Å². The number of aryl methyl sites for hydroxylation is 1. The summed E-state index contributed by atoms with van der Waals surface area (Å²) in [6.45, 7) is 4.54. The number of anilines is 2. The van der Waals surface area contributed by atoms with Gasteiger partial charge in [0, 0.05) is 28.6 Å². The molecule has 0 radical (unpaired) electrons. The molecule has 1 unspecified atom stereocenters. The summed E-state index contributed by atoms with van der Waals surface area (Å²) in [5.41, 5.74) is -1.18. The Morgan fingerprint density at radius 1 is 1.22 bits per heavy atom. The maximum absolute atomic E-state index is 14.5. The van der Waals surface area contributed by atoms with E-state index in [-0.39, 0.29) is 28.8 Å². The number of rotatable bonds is 4. The lowest BCUT2D eigenvalue weighted by Gasteiger charge is -2.33. The summed E-state index contributed by atoms with van der Waals surface area (Å²) in [4.78, 5) is 19.8. The van der Waals surface area contributed by atoms with Crippen LogP contribution in [0.2, 0.25) is 5.02 Å². The maximum Gasteiger partial charge on any atom is 0.416 e. The van der Waals surface area contributed by atoms with Crippen LogP contribution in [0.3, 0.4) is 0 Å². The van der Waals surface area contributed by atoms with Gasteiger partial charge >= 0.3 is 6.18 Å². The van der Waals surface area contributed by atoms with E-state index in [4.69, 9.17) is 11.6 Å². The Morgan fingerprint density at radius 2 is 1.88 bits per heavy atom. The molecule has 3 rings (SSSR count). The summed E-state index contributed by atoms with van der Waals surface area (Å²) >= 11 is 5.77. The van der Waals surface area contributed by atoms with Crippen LogP contribution in [0.4, 0.5) is 33.5 Å². The summed E-state index contributed by atoms with van der Waals surface area (Å²) in [5.74, 6) is -3.32. The Bertz CT molecular complexity index is 1080. The van der Waals surface area contributed by atoms with Crippen LogP contribution >= 0.6 is 11.6 Å². The SMILES string of the molecule is Cc1cc(C(F)(F)F)cc(N2CS(=O)C[C@H]2C(=O)N(c2cc(Cl)c(F)cc2F)C(C)C)n1. The van der Waals surface area contributed by atoms with E-state index in [9.17, 15) is 31.0 Å². The van der Waals surface area contributed by atoms with E-state index in [1.807, 2.05) is 0 Å². The van der Waals surface area contributed by atoms with Crippen LogP contribution in [-0.4, -0.2) is 38.8 Å². The summed E-state index contributed by atoms with van der Waals surface area (Å²) < 4.78 is 80.2. The highest BCUT2D eigenvalue weighted by atomic mass is 35.5. The number of amides is 1. The molecule has 0 spiro atoms. The zero-order chi connectivity index (χ0) is 24.0. The van der Waals surface area contributed by atoms with Crippen molar-refractivity contribution in [1.29, 1.82) is 0 Å². The van der Waals surface area contributed by atoms with Gasteiger partial charge in [-0.05, 0) is 39.0 Å². The van der Waals surface area contributed by atoms with Crippen LogP contribution in [0.25, 0.3) is 0 Å². The molecule has 1 amide bonds. The Hall–Kier alpha value is -2.27. The average Bonchev–Trinajstić information content (AvgIpc) is 3.06. The predicted octanol–water partition coefficient (Wildman–Crippen LogP) is 4.68. The van der Waals surface area contributed by atoms with Crippen molar-refractivity contribution >= 4 is 39.8 Å². The molecule has 1 aromatic heterocycles. The first kappa shape index (κ1) is 24.4. The number of alkyl halides is 3. The molecule has 0 bridgehead atoms. The molecule has 1 aromatic carbocycles. The summed E-state index contributed by atoms with van der Waals surface area (Å²) in [6.07, 6.45) is -4.64. The van der Waals surface area contributed by atoms with Crippen LogP contribution in [0.1, 0.15) is 25.1 Å². The number of aromatic nitrogens is 1. The number of benzene rings is 1. The first-order valence-electron chi connectivity index (χ1n) is 9.44.